The van der Waals surface area contributed by atoms with Gasteiger partial charge in [0.2, 0.25) is 0 Å². The smallest absolute Gasteiger partial charge is 0.331 e. The lowest BCUT2D eigenvalue weighted by Gasteiger charge is -2.21. The number of alkyl halides is 1. The van der Waals surface area contributed by atoms with Gasteiger partial charge in [0.1, 0.15) is 0 Å². The van der Waals surface area contributed by atoms with E-state index >= 15 is 0 Å². The van der Waals surface area contributed by atoms with Gasteiger partial charge < -0.3 is 14.8 Å². The number of methoxy groups -OCH3 is 2. The summed E-state index contributed by atoms with van der Waals surface area (Å²) in [5, 5.41) is 0.782. The summed E-state index contributed by atoms with van der Waals surface area (Å²) in [6, 6.07) is 8.91. The molecule has 0 saturated carbocycles. The van der Waals surface area contributed by atoms with Gasteiger partial charge in [0, 0.05) is 19.9 Å². The highest BCUT2D eigenvalue weighted by atomic mass is 35.5. The standard InChI is InChI=1S/C10H12ClNO3/c1-14-10(11,15-2)9(13)12-8-6-4-3-5-7-8/h3-7H,1-2H3,(H,12,13). The van der Waals surface area contributed by atoms with Crippen LogP contribution in [0.4, 0.5) is 5.69 Å². The maximum absolute atomic E-state index is 11.6. The second-order valence-corrected chi connectivity index (χ2v) is 3.26. The minimum atomic E-state index is -1.78. The first-order chi connectivity index (χ1) is 7.12. The minimum Gasteiger partial charge on any atom is -0.333 e. The van der Waals surface area contributed by atoms with Crippen molar-refractivity contribution >= 4 is 23.2 Å². The molecule has 1 aromatic carbocycles. The third-order valence-corrected chi connectivity index (χ3v) is 2.31. The highest BCUT2D eigenvalue weighted by Crippen LogP contribution is 2.19. The van der Waals surface area contributed by atoms with Gasteiger partial charge in [-0.2, -0.15) is 0 Å². The monoisotopic (exact) mass is 229 g/mol. The Labute approximate surface area is 93.1 Å². The molecular formula is C10H12ClNO3. The molecule has 4 nitrogen and oxygen atoms in total. The van der Waals surface area contributed by atoms with Gasteiger partial charge in [0.05, 0.1) is 0 Å². The van der Waals surface area contributed by atoms with Crippen molar-refractivity contribution in [2.24, 2.45) is 0 Å². The van der Waals surface area contributed by atoms with E-state index in [0.717, 1.165) is 0 Å². The summed E-state index contributed by atoms with van der Waals surface area (Å²) in [4.78, 5) is 11.6. The Morgan fingerprint density at radius 2 is 1.80 bits per heavy atom. The Kier molecular flexibility index (Phi) is 4.08. The Morgan fingerprint density at radius 3 is 2.27 bits per heavy atom. The summed E-state index contributed by atoms with van der Waals surface area (Å²) in [5.74, 6) is -0.569. The number of carbonyl (C=O) groups is 1. The molecule has 1 N–H and O–H groups in total. The Hall–Kier alpha value is -1.10. The average Bonchev–Trinajstić information content (AvgIpc) is 2.29. The Balaban J connectivity index is 2.71. The van der Waals surface area contributed by atoms with E-state index in [0.29, 0.717) is 5.69 Å². The molecule has 0 unspecified atom stereocenters. The number of amides is 1. The number of rotatable bonds is 4. The fourth-order valence-electron chi connectivity index (χ4n) is 0.996. The number of ether oxygens (including phenoxy) is 2. The van der Waals surface area contributed by atoms with Crippen LogP contribution in [0.1, 0.15) is 0 Å². The van der Waals surface area contributed by atoms with E-state index in [1.165, 1.54) is 14.2 Å². The predicted octanol–water partition coefficient (Wildman–Crippen LogP) is 1.81. The molecule has 0 saturated heterocycles. The van der Waals surface area contributed by atoms with E-state index in [9.17, 15) is 4.79 Å². The quantitative estimate of drug-likeness (QED) is 0.633. The molecule has 0 aliphatic heterocycles. The van der Waals surface area contributed by atoms with Crippen LogP contribution in [0.2, 0.25) is 0 Å². The number of para-hydroxylation sites is 1. The van der Waals surface area contributed by atoms with E-state index in [-0.39, 0.29) is 0 Å². The van der Waals surface area contributed by atoms with Gasteiger partial charge in [-0.25, -0.2) is 0 Å². The minimum absolute atomic E-state index is 0.569. The molecule has 82 valence electrons. The molecule has 0 bridgehead atoms. The van der Waals surface area contributed by atoms with Crippen LogP contribution in [0.5, 0.6) is 0 Å². The lowest BCUT2D eigenvalue weighted by Crippen LogP contribution is -2.41. The zero-order valence-electron chi connectivity index (χ0n) is 8.49. The molecule has 0 aliphatic carbocycles. The number of benzene rings is 1. The van der Waals surface area contributed by atoms with Crippen molar-refractivity contribution in [2.75, 3.05) is 19.5 Å². The number of nitrogens with one attached hydrogen (secondary N) is 1. The van der Waals surface area contributed by atoms with Crippen LogP contribution in [0.3, 0.4) is 0 Å². The van der Waals surface area contributed by atoms with Gasteiger partial charge in [0.25, 0.3) is 0 Å². The maximum atomic E-state index is 11.6. The van der Waals surface area contributed by atoms with E-state index < -0.39 is 11.2 Å². The Bertz CT molecular complexity index is 325. The second kappa shape index (κ2) is 5.11. The summed E-state index contributed by atoms with van der Waals surface area (Å²) in [5.41, 5.74) is 0.627. The maximum Gasteiger partial charge on any atom is 0.331 e. The van der Waals surface area contributed by atoms with Gasteiger partial charge in [-0.1, -0.05) is 18.2 Å². The number of carbonyl (C=O) groups excluding carboxylic acids is 1. The fourth-order valence-corrected chi connectivity index (χ4v) is 1.04. The molecule has 0 atom stereocenters. The number of hydrogen-bond acceptors (Lipinski definition) is 3. The predicted molar refractivity (Wildman–Crippen MR) is 57.7 cm³/mol. The molecule has 5 heteroatoms. The van der Waals surface area contributed by atoms with Gasteiger partial charge >= 0.3 is 11.2 Å². The molecule has 0 fully saturated rings. The first kappa shape index (κ1) is 12.0. The molecule has 1 rings (SSSR count). The van der Waals surface area contributed by atoms with Crippen molar-refractivity contribution in [1.29, 1.82) is 0 Å². The lowest BCUT2D eigenvalue weighted by molar-refractivity contribution is -0.168. The van der Waals surface area contributed by atoms with Gasteiger partial charge in [0.15, 0.2) is 0 Å². The van der Waals surface area contributed by atoms with Gasteiger partial charge in [-0.15, -0.1) is 0 Å². The van der Waals surface area contributed by atoms with Gasteiger partial charge in [-0.3, -0.25) is 4.79 Å². The third kappa shape index (κ3) is 2.92. The van der Waals surface area contributed by atoms with Crippen LogP contribution >= 0.6 is 11.6 Å². The third-order valence-electron chi connectivity index (χ3n) is 1.83. The summed E-state index contributed by atoms with van der Waals surface area (Å²) in [6.07, 6.45) is 0. The summed E-state index contributed by atoms with van der Waals surface area (Å²) in [7, 11) is 2.59. The van der Waals surface area contributed by atoms with E-state index in [1.807, 2.05) is 6.07 Å². The number of halogens is 1. The molecule has 0 aliphatic rings. The molecular weight excluding hydrogens is 218 g/mol. The van der Waals surface area contributed by atoms with E-state index in [1.54, 1.807) is 24.3 Å². The normalized spacial score (nSPS) is 11.1. The molecule has 1 amide bonds. The van der Waals surface area contributed by atoms with Crippen molar-refractivity contribution in [2.45, 2.75) is 5.25 Å². The van der Waals surface area contributed by atoms with Crippen LogP contribution in [0.15, 0.2) is 30.3 Å². The molecule has 15 heavy (non-hydrogen) atoms. The van der Waals surface area contributed by atoms with Crippen molar-refractivity contribution in [1.82, 2.24) is 0 Å². The van der Waals surface area contributed by atoms with Crippen LogP contribution in [-0.2, 0) is 14.3 Å². The average molecular weight is 230 g/mol. The largest absolute Gasteiger partial charge is 0.333 e. The lowest BCUT2D eigenvalue weighted by atomic mass is 10.3. The van der Waals surface area contributed by atoms with Crippen molar-refractivity contribution in [3.8, 4) is 0 Å². The van der Waals surface area contributed by atoms with Crippen molar-refractivity contribution in [3.05, 3.63) is 30.3 Å². The first-order valence-corrected chi connectivity index (χ1v) is 4.66. The topological polar surface area (TPSA) is 47.6 Å². The molecule has 0 spiro atoms. The fraction of sp³-hybridized carbons (Fsp3) is 0.300. The molecule has 0 heterocycles. The van der Waals surface area contributed by atoms with Crippen LogP contribution < -0.4 is 5.32 Å². The van der Waals surface area contributed by atoms with Crippen LogP contribution in [-0.4, -0.2) is 25.4 Å². The van der Waals surface area contributed by atoms with Crippen LogP contribution in [0, 0.1) is 0 Å². The zero-order valence-corrected chi connectivity index (χ0v) is 9.25. The highest BCUT2D eigenvalue weighted by molar-refractivity contribution is 6.34. The zero-order chi connectivity index (χ0) is 11.3. The van der Waals surface area contributed by atoms with Crippen molar-refractivity contribution < 1.29 is 14.3 Å². The van der Waals surface area contributed by atoms with E-state index in [4.69, 9.17) is 21.1 Å². The second-order valence-electron chi connectivity index (χ2n) is 2.76. The van der Waals surface area contributed by atoms with Gasteiger partial charge in [-0.05, 0) is 23.7 Å². The molecule has 0 radical (unpaired) electrons. The van der Waals surface area contributed by atoms with E-state index in [2.05, 4.69) is 5.32 Å². The first-order valence-electron chi connectivity index (χ1n) is 4.28. The Morgan fingerprint density at radius 1 is 1.27 bits per heavy atom. The molecule has 0 aromatic heterocycles. The van der Waals surface area contributed by atoms with Crippen molar-refractivity contribution in [3.63, 3.8) is 0 Å². The summed E-state index contributed by atoms with van der Waals surface area (Å²) < 4.78 is 9.50. The summed E-state index contributed by atoms with van der Waals surface area (Å²) >= 11 is 5.75. The molecule has 1 aromatic rings. The summed E-state index contributed by atoms with van der Waals surface area (Å²) in [6.45, 7) is 0. The number of hydrogen-bond donors (Lipinski definition) is 1. The highest BCUT2D eigenvalue weighted by Gasteiger charge is 2.36. The SMILES string of the molecule is COC(Cl)(OC)C(=O)Nc1ccccc1. The van der Waals surface area contributed by atoms with Crippen LogP contribution in [0.25, 0.3) is 0 Å². The number of anilines is 1.